The molecule has 0 radical (unpaired) electrons. The predicted molar refractivity (Wildman–Crippen MR) is 54.9 cm³/mol. The van der Waals surface area contributed by atoms with E-state index >= 15 is 0 Å². The van der Waals surface area contributed by atoms with Gasteiger partial charge in [0.2, 0.25) is 10.0 Å². The van der Waals surface area contributed by atoms with Crippen molar-refractivity contribution in [1.82, 2.24) is 4.72 Å². The van der Waals surface area contributed by atoms with Gasteiger partial charge in [-0.3, -0.25) is 4.79 Å². The number of carboxylic acids is 1. The highest BCUT2D eigenvalue weighted by Gasteiger charge is 2.17. The van der Waals surface area contributed by atoms with Crippen molar-refractivity contribution in [2.45, 2.75) is 26.4 Å². The van der Waals surface area contributed by atoms with E-state index in [1.54, 1.807) is 0 Å². The number of carboxylic acid groups (broad SMARTS) is 1. The van der Waals surface area contributed by atoms with Crippen LogP contribution in [0.1, 0.15) is 20.3 Å². The molecule has 0 spiro atoms. The number of carbonyl (C=O) groups is 1. The Morgan fingerprint density at radius 1 is 1.40 bits per heavy atom. The highest BCUT2D eigenvalue weighted by atomic mass is 32.2. The van der Waals surface area contributed by atoms with Crippen LogP contribution in [-0.4, -0.2) is 43.0 Å². The second-order valence-electron chi connectivity index (χ2n) is 3.78. The molecule has 0 aliphatic carbocycles. The lowest BCUT2D eigenvalue weighted by Crippen LogP contribution is -2.36. The third-order valence-electron chi connectivity index (χ3n) is 1.60. The molecule has 3 N–H and O–H groups in total. The summed E-state index contributed by atoms with van der Waals surface area (Å²) in [4.78, 5) is 10.2. The minimum Gasteiger partial charge on any atom is -0.480 e. The maximum Gasteiger partial charge on any atom is 0.320 e. The van der Waals surface area contributed by atoms with Crippen LogP contribution in [0.15, 0.2) is 0 Å². The van der Waals surface area contributed by atoms with Crippen LogP contribution in [0.5, 0.6) is 0 Å². The molecule has 90 valence electrons. The normalized spacial score (nSPS) is 14.1. The van der Waals surface area contributed by atoms with Gasteiger partial charge < -0.3 is 10.2 Å². The molecule has 0 aromatic heterocycles. The largest absolute Gasteiger partial charge is 0.480 e. The Morgan fingerprint density at radius 2 is 1.93 bits per heavy atom. The quantitative estimate of drug-likeness (QED) is 0.550. The van der Waals surface area contributed by atoms with E-state index < -0.39 is 27.8 Å². The summed E-state index contributed by atoms with van der Waals surface area (Å²) in [5.74, 6) is -2.13. The molecular formula is C8H17NO5S. The van der Waals surface area contributed by atoms with E-state index in [4.69, 9.17) is 5.11 Å². The molecule has 0 heterocycles. The fraction of sp³-hybridized carbons (Fsp3) is 0.875. The summed E-state index contributed by atoms with van der Waals surface area (Å²) in [7, 11) is -3.82. The predicted octanol–water partition coefficient (Wildman–Crippen LogP) is -0.603. The standard InChI is InChI=1S/C8H17NO5S/c1-6(2)3-7(10)4-9-15(13,14)5-8(11)12/h6-7,9-10H,3-5H2,1-2H3,(H,11,12). The first-order chi connectivity index (χ1) is 6.73. The number of aliphatic hydroxyl groups excluding tert-OH is 1. The van der Waals surface area contributed by atoms with Crippen molar-refractivity contribution in [2.75, 3.05) is 12.3 Å². The summed E-state index contributed by atoms with van der Waals surface area (Å²) in [5.41, 5.74) is 0. The van der Waals surface area contributed by atoms with Gasteiger partial charge in [-0.1, -0.05) is 13.8 Å². The molecule has 1 unspecified atom stereocenters. The Kier molecular flexibility index (Phi) is 5.77. The van der Waals surface area contributed by atoms with Crippen LogP contribution in [0.4, 0.5) is 0 Å². The van der Waals surface area contributed by atoms with Gasteiger partial charge in [0, 0.05) is 6.54 Å². The van der Waals surface area contributed by atoms with Crippen molar-refractivity contribution in [3.05, 3.63) is 0 Å². The first-order valence-corrected chi connectivity index (χ1v) is 6.25. The van der Waals surface area contributed by atoms with Crippen LogP contribution in [0.3, 0.4) is 0 Å². The molecule has 7 heteroatoms. The van der Waals surface area contributed by atoms with Gasteiger partial charge in [-0.2, -0.15) is 0 Å². The zero-order valence-electron chi connectivity index (χ0n) is 8.80. The van der Waals surface area contributed by atoms with Gasteiger partial charge in [-0.25, -0.2) is 13.1 Å². The van der Waals surface area contributed by atoms with E-state index in [1.165, 1.54) is 0 Å². The maximum absolute atomic E-state index is 11.0. The van der Waals surface area contributed by atoms with Crippen LogP contribution in [0.2, 0.25) is 0 Å². The highest BCUT2D eigenvalue weighted by molar-refractivity contribution is 7.90. The number of aliphatic carboxylic acids is 1. The van der Waals surface area contributed by atoms with Crippen molar-refractivity contribution in [2.24, 2.45) is 5.92 Å². The number of aliphatic hydroxyl groups is 1. The molecule has 0 bridgehead atoms. The maximum atomic E-state index is 11.0. The van der Waals surface area contributed by atoms with Gasteiger partial charge in [0.05, 0.1) is 6.10 Å². The van der Waals surface area contributed by atoms with E-state index in [0.717, 1.165) is 0 Å². The molecule has 0 aliphatic rings. The third kappa shape index (κ3) is 8.34. The number of hydrogen-bond acceptors (Lipinski definition) is 4. The van der Waals surface area contributed by atoms with E-state index in [9.17, 15) is 18.3 Å². The molecule has 0 saturated carbocycles. The van der Waals surface area contributed by atoms with Crippen molar-refractivity contribution >= 4 is 16.0 Å². The Labute approximate surface area is 89.4 Å². The van der Waals surface area contributed by atoms with Crippen LogP contribution in [-0.2, 0) is 14.8 Å². The summed E-state index contributed by atoms with van der Waals surface area (Å²) >= 11 is 0. The number of sulfonamides is 1. The zero-order valence-corrected chi connectivity index (χ0v) is 9.62. The van der Waals surface area contributed by atoms with Crippen LogP contribution >= 0.6 is 0 Å². The van der Waals surface area contributed by atoms with Gasteiger partial charge in [-0.15, -0.1) is 0 Å². The summed E-state index contributed by atoms with van der Waals surface area (Å²) in [6.07, 6.45) is -0.316. The van der Waals surface area contributed by atoms with E-state index in [2.05, 4.69) is 0 Å². The summed E-state index contributed by atoms with van der Waals surface area (Å²) in [5, 5.41) is 17.6. The molecule has 1 atom stereocenters. The van der Waals surface area contributed by atoms with Crippen molar-refractivity contribution in [1.29, 1.82) is 0 Å². The van der Waals surface area contributed by atoms with Crippen molar-refractivity contribution < 1.29 is 23.4 Å². The smallest absolute Gasteiger partial charge is 0.320 e. The molecule has 15 heavy (non-hydrogen) atoms. The van der Waals surface area contributed by atoms with E-state index in [0.29, 0.717) is 6.42 Å². The second-order valence-corrected chi connectivity index (χ2v) is 5.59. The fourth-order valence-electron chi connectivity index (χ4n) is 1.06. The van der Waals surface area contributed by atoms with E-state index in [1.807, 2.05) is 18.6 Å². The highest BCUT2D eigenvalue weighted by Crippen LogP contribution is 2.03. The van der Waals surface area contributed by atoms with Crippen LogP contribution < -0.4 is 4.72 Å². The summed E-state index contributed by atoms with van der Waals surface area (Å²) in [6, 6.07) is 0. The minimum atomic E-state index is -3.82. The molecular weight excluding hydrogens is 222 g/mol. The Bertz CT molecular complexity index is 298. The summed E-state index contributed by atoms with van der Waals surface area (Å²) < 4.78 is 24.1. The number of hydrogen-bond donors (Lipinski definition) is 3. The van der Waals surface area contributed by atoms with Gasteiger partial charge in [-0.05, 0) is 12.3 Å². The van der Waals surface area contributed by atoms with Crippen molar-refractivity contribution in [3.63, 3.8) is 0 Å². The van der Waals surface area contributed by atoms with Crippen LogP contribution in [0.25, 0.3) is 0 Å². The summed E-state index contributed by atoms with van der Waals surface area (Å²) in [6.45, 7) is 3.65. The molecule has 0 amide bonds. The SMILES string of the molecule is CC(C)CC(O)CNS(=O)(=O)CC(=O)O. The zero-order chi connectivity index (χ0) is 12.1. The lowest BCUT2D eigenvalue weighted by atomic mass is 10.1. The van der Waals surface area contributed by atoms with Crippen molar-refractivity contribution in [3.8, 4) is 0 Å². The number of rotatable bonds is 7. The minimum absolute atomic E-state index is 0.145. The monoisotopic (exact) mass is 239 g/mol. The number of nitrogens with one attached hydrogen (secondary N) is 1. The van der Waals surface area contributed by atoms with Gasteiger partial charge in [0.25, 0.3) is 0 Å². The Hall–Kier alpha value is -0.660. The average molecular weight is 239 g/mol. The van der Waals surface area contributed by atoms with Gasteiger partial charge in [0.15, 0.2) is 5.75 Å². The molecule has 0 aromatic rings. The van der Waals surface area contributed by atoms with Crippen LogP contribution in [0, 0.1) is 5.92 Å². The molecule has 0 fully saturated rings. The molecule has 0 aliphatic heterocycles. The second kappa shape index (κ2) is 6.04. The van der Waals surface area contributed by atoms with E-state index in [-0.39, 0.29) is 12.5 Å². The lowest BCUT2D eigenvalue weighted by molar-refractivity contribution is -0.134. The molecule has 6 nitrogen and oxygen atoms in total. The first-order valence-electron chi connectivity index (χ1n) is 4.60. The first kappa shape index (κ1) is 14.3. The molecule has 0 rings (SSSR count). The topological polar surface area (TPSA) is 104 Å². The van der Waals surface area contributed by atoms with Gasteiger partial charge in [0.1, 0.15) is 0 Å². The molecule has 0 aromatic carbocycles. The lowest BCUT2D eigenvalue weighted by Gasteiger charge is -2.13. The Balaban J connectivity index is 3.99. The fourth-order valence-corrected chi connectivity index (χ4v) is 1.94. The third-order valence-corrected chi connectivity index (χ3v) is 2.83. The van der Waals surface area contributed by atoms with Gasteiger partial charge >= 0.3 is 5.97 Å². The Morgan fingerprint density at radius 3 is 2.33 bits per heavy atom. The average Bonchev–Trinajstić information content (AvgIpc) is 1.97. The molecule has 0 saturated heterocycles.